The van der Waals surface area contributed by atoms with Gasteiger partial charge in [-0.05, 0) is 36.2 Å². The van der Waals surface area contributed by atoms with Crippen LogP contribution in [0, 0.1) is 0 Å². The fraction of sp³-hybridized carbons (Fsp3) is 0.375. The molecule has 2 heterocycles. The SMILES string of the molecule is COc1ccc(OC)c([C@@H]2CCC[NH+]2CC(=O)NCCc2c[nH]c3ccccc23)c1. The van der Waals surface area contributed by atoms with Crippen LogP contribution in [0.5, 0.6) is 11.5 Å². The highest BCUT2D eigenvalue weighted by atomic mass is 16.5. The largest absolute Gasteiger partial charge is 0.497 e. The smallest absolute Gasteiger partial charge is 0.275 e. The summed E-state index contributed by atoms with van der Waals surface area (Å²) in [4.78, 5) is 17.2. The number of hydrogen-bond donors (Lipinski definition) is 3. The van der Waals surface area contributed by atoms with E-state index < -0.39 is 0 Å². The van der Waals surface area contributed by atoms with Crippen molar-refractivity contribution in [3.63, 3.8) is 0 Å². The predicted molar refractivity (Wildman–Crippen MR) is 117 cm³/mol. The second-order valence-corrected chi connectivity index (χ2v) is 7.85. The molecule has 2 aromatic carbocycles. The van der Waals surface area contributed by atoms with E-state index in [2.05, 4.69) is 22.4 Å². The first-order chi connectivity index (χ1) is 14.7. The Morgan fingerprint density at radius 1 is 1.20 bits per heavy atom. The van der Waals surface area contributed by atoms with E-state index in [0.29, 0.717) is 13.1 Å². The molecule has 1 amide bonds. The number of ether oxygens (including phenoxy) is 2. The minimum atomic E-state index is 0.0959. The van der Waals surface area contributed by atoms with Crippen molar-refractivity contribution in [3.05, 3.63) is 59.8 Å². The van der Waals surface area contributed by atoms with Gasteiger partial charge < -0.3 is 24.7 Å². The average molecular weight is 409 g/mol. The van der Waals surface area contributed by atoms with E-state index in [1.54, 1.807) is 14.2 Å². The molecule has 158 valence electrons. The number of quaternary nitrogens is 1. The predicted octanol–water partition coefficient (Wildman–Crippen LogP) is 2.26. The summed E-state index contributed by atoms with van der Waals surface area (Å²) in [6, 6.07) is 14.4. The number of nitrogens with one attached hydrogen (secondary N) is 3. The summed E-state index contributed by atoms with van der Waals surface area (Å²) in [6.07, 6.45) is 5.00. The number of carbonyl (C=O) groups is 1. The Labute approximate surface area is 177 Å². The van der Waals surface area contributed by atoms with Gasteiger partial charge >= 0.3 is 0 Å². The molecule has 30 heavy (non-hydrogen) atoms. The number of methoxy groups -OCH3 is 2. The van der Waals surface area contributed by atoms with Crippen LogP contribution in [0.25, 0.3) is 10.9 Å². The van der Waals surface area contributed by atoms with Crippen LogP contribution in [0.15, 0.2) is 48.7 Å². The summed E-state index contributed by atoms with van der Waals surface area (Å²) in [5, 5.41) is 4.33. The highest BCUT2D eigenvalue weighted by molar-refractivity contribution is 5.83. The van der Waals surface area contributed by atoms with E-state index >= 15 is 0 Å². The van der Waals surface area contributed by atoms with Gasteiger partial charge in [0.15, 0.2) is 6.54 Å². The Kier molecular flexibility index (Phi) is 6.23. The van der Waals surface area contributed by atoms with Crippen molar-refractivity contribution in [2.75, 3.05) is 33.9 Å². The van der Waals surface area contributed by atoms with Crippen molar-refractivity contribution in [2.45, 2.75) is 25.3 Å². The average Bonchev–Trinajstić information content (AvgIpc) is 3.40. The number of fused-ring (bicyclic) bond motifs is 1. The lowest BCUT2D eigenvalue weighted by Gasteiger charge is -2.23. The first kappa shape index (κ1) is 20.3. The lowest BCUT2D eigenvalue weighted by atomic mass is 10.0. The first-order valence-electron chi connectivity index (χ1n) is 10.6. The lowest BCUT2D eigenvalue weighted by Crippen LogP contribution is -3.11. The molecule has 3 N–H and O–H groups in total. The highest BCUT2D eigenvalue weighted by Crippen LogP contribution is 2.31. The van der Waals surface area contributed by atoms with Gasteiger partial charge in [-0.2, -0.15) is 0 Å². The van der Waals surface area contributed by atoms with E-state index in [1.165, 1.54) is 15.8 Å². The van der Waals surface area contributed by atoms with Crippen LogP contribution in [0.4, 0.5) is 0 Å². The number of likely N-dealkylation sites (tertiary alicyclic amines) is 1. The van der Waals surface area contributed by atoms with E-state index in [-0.39, 0.29) is 11.9 Å². The number of hydrogen-bond acceptors (Lipinski definition) is 3. The summed E-state index contributed by atoms with van der Waals surface area (Å²) in [5.74, 6) is 1.78. The molecule has 1 fully saturated rings. The van der Waals surface area contributed by atoms with Crippen molar-refractivity contribution >= 4 is 16.8 Å². The van der Waals surface area contributed by atoms with Gasteiger partial charge in [-0.15, -0.1) is 0 Å². The zero-order chi connectivity index (χ0) is 20.9. The third-order valence-electron chi connectivity index (χ3n) is 6.07. The molecule has 0 saturated carbocycles. The van der Waals surface area contributed by atoms with E-state index in [0.717, 1.165) is 48.4 Å². The normalized spacial score (nSPS) is 18.5. The fourth-order valence-electron chi connectivity index (χ4n) is 4.55. The fourth-order valence-corrected chi connectivity index (χ4v) is 4.55. The van der Waals surface area contributed by atoms with Gasteiger partial charge in [0.05, 0.1) is 26.3 Å². The summed E-state index contributed by atoms with van der Waals surface area (Å²) in [5.41, 5.74) is 3.49. The van der Waals surface area contributed by atoms with Gasteiger partial charge in [0.25, 0.3) is 5.91 Å². The molecule has 3 aromatic rings. The lowest BCUT2D eigenvalue weighted by molar-refractivity contribution is -0.910. The first-order valence-corrected chi connectivity index (χ1v) is 10.6. The van der Waals surface area contributed by atoms with Crippen molar-refractivity contribution in [2.24, 2.45) is 0 Å². The zero-order valence-corrected chi connectivity index (χ0v) is 17.7. The van der Waals surface area contributed by atoms with Gasteiger partial charge in [-0.1, -0.05) is 18.2 Å². The van der Waals surface area contributed by atoms with Crippen LogP contribution >= 0.6 is 0 Å². The number of benzene rings is 2. The molecule has 4 rings (SSSR count). The molecule has 1 aromatic heterocycles. The number of carbonyl (C=O) groups excluding carboxylic acids is 1. The molecule has 1 aliphatic rings. The van der Waals surface area contributed by atoms with E-state index in [9.17, 15) is 4.79 Å². The number of aromatic nitrogens is 1. The molecule has 1 unspecified atom stereocenters. The number of H-pyrrole nitrogens is 1. The Morgan fingerprint density at radius 2 is 2.07 bits per heavy atom. The number of para-hydroxylation sites is 1. The van der Waals surface area contributed by atoms with Gasteiger partial charge in [0.2, 0.25) is 0 Å². The summed E-state index contributed by atoms with van der Waals surface area (Å²) in [6.45, 7) is 2.10. The van der Waals surface area contributed by atoms with Crippen LogP contribution < -0.4 is 19.7 Å². The molecule has 0 radical (unpaired) electrons. The molecular weight excluding hydrogens is 378 g/mol. The summed E-state index contributed by atoms with van der Waals surface area (Å²) >= 11 is 0. The van der Waals surface area contributed by atoms with Crippen LogP contribution in [-0.4, -0.2) is 44.7 Å². The van der Waals surface area contributed by atoms with E-state index in [1.807, 2.05) is 36.5 Å². The minimum Gasteiger partial charge on any atom is -0.497 e. The van der Waals surface area contributed by atoms with Crippen LogP contribution in [-0.2, 0) is 11.2 Å². The Bertz CT molecular complexity index is 1010. The highest BCUT2D eigenvalue weighted by Gasteiger charge is 2.33. The van der Waals surface area contributed by atoms with Crippen LogP contribution in [0.2, 0.25) is 0 Å². The molecular formula is C24H30N3O3+. The molecule has 0 aliphatic carbocycles. The molecule has 1 aliphatic heterocycles. The van der Waals surface area contributed by atoms with Crippen molar-refractivity contribution in [3.8, 4) is 11.5 Å². The quantitative estimate of drug-likeness (QED) is 0.536. The Balaban J connectivity index is 1.36. The van der Waals surface area contributed by atoms with Gasteiger partial charge in [-0.25, -0.2) is 0 Å². The van der Waals surface area contributed by atoms with Crippen molar-refractivity contribution in [1.82, 2.24) is 10.3 Å². The maximum Gasteiger partial charge on any atom is 0.275 e. The van der Waals surface area contributed by atoms with Crippen molar-refractivity contribution < 1.29 is 19.2 Å². The third kappa shape index (κ3) is 4.28. The molecule has 6 heteroatoms. The maximum absolute atomic E-state index is 12.6. The van der Waals surface area contributed by atoms with Gasteiger partial charge in [-0.3, -0.25) is 4.79 Å². The van der Waals surface area contributed by atoms with Gasteiger partial charge in [0, 0.05) is 36.5 Å². The number of rotatable bonds is 8. The van der Waals surface area contributed by atoms with E-state index in [4.69, 9.17) is 9.47 Å². The number of aromatic amines is 1. The maximum atomic E-state index is 12.6. The Morgan fingerprint density at radius 3 is 2.90 bits per heavy atom. The molecule has 6 nitrogen and oxygen atoms in total. The standard InChI is InChI=1S/C24H29N3O3/c1-29-18-9-10-23(30-2)20(14-18)22-8-5-13-27(22)16-24(28)25-12-11-17-15-26-21-7-4-3-6-19(17)21/h3-4,6-7,9-10,14-15,22,26H,5,8,11-13,16H2,1-2H3,(H,25,28)/p+1/t22-/m0/s1. The molecule has 0 spiro atoms. The second-order valence-electron chi connectivity index (χ2n) is 7.85. The third-order valence-corrected chi connectivity index (χ3v) is 6.07. The second kappa shape index (κ2) is 9.22. The van der Waals surface area contributed by atoms with Crippen LogP contribution in [0.1, 0.15) is 30.0 Å². The summed E-state index contributed by atoms with van der Waals surface area (Å²) in [7, 11) is 3.36. The minimum absolute atomic E-state index is 0.0959. The number of amides is 1. The summed E-state index contributed by atoms with van der Waals surface area (Å²) < 4.78 is 11.0. The van der Waals surface area contributed by atoms with Gasteiger partial charge in [0.1, 0.15) is 17.5 Å². The van der Waals surface area contributed by atoms with Crippen molar-refractivity contribution in [1.29, 1.82) is 0 Å². The molecule has 0 bridgehead atoms. The monoisotopic (exact) mass is 408 g/mol. The van der Waals surface area contributed by atoms with Crippen LogP contribution in [0.3, 0.4) is 0 Å². The topological polar surface area (TPSA) is 67.8 Å². The Hall–Kier alpha value is -2.99. The molecule has 1 saturated heterocycles. The zero-order valence-electron chi connectivity index (χ0n) is 17.7. The molecule has 2 atom stereocenters.